The van der Waals surface area contributed by atoms with Crippen LogP contribution in [0.4, 0.5) is 10.5 Å². The van der Waals surface area contributed by atoms with Crippen LogP contribution in [0.15, 0.2) is 42.7 Å². The monoisotopic (exact) mass is 392 g/mol. The molecule has 9 nitrogen and oxygen atoms in total. The van der Waals surface area contributed by atoms with Crippen molar-refractivity contribution < 1.29 is 14.4 Å². The highest BCUT2D eigenvalue weighted by Crippen LogP contribution is 2.21. The number of imide groups is 1. The zero-order valence-corrected chi connectivity index (χ0v) is 16.0. The number of anilines is 1. The van der Waals surface area contributed by atoms with E-state index in [1.165, 1.54) is 0 Å². The number of rotatable bonds is 5. The van der Waals surface area contributed by atoms with E-state index in [0.717, 1.165) is 15.9 Å². The molecular weight excluding hydrogens is 372 g/mol. The minimum absolute atomic E-state index is 0.0249. The molecular formula is C20H20N6O3. The third-order valence-corrected chi connectivity index (χ3v) is 4.71. The van der Waals surface area contributed by atoms with Gasteiger partial charge in [-0.2, -0.15) is 5.10 Å². The third kappa shape index (κ3) is 3.54. The molecule has 9 heteroatoms. The van der Waals surface area contributed by atoms with Gasteiger partial charge < -0.3 is 10.6 Å². The lowest BCUT2D eigenvalue weighted by atomic mass is 10.1. The second-order valence-electron chi connectivity index (χ2n) is 7.07. The predicted molar refractivity (Wildman–Crippen MR) is 106 cm³/mol. The summed E-state index contributed by atoms with van der Waals surface area (Å²) < 4.78 is 1.81. The zero-order chi connectivity index (χ0) is 20.5. The van der Waals surface area contributed by atoms with Gasteiger partial charge in [-0.05, 0) is 31.5 Å². The highest BCUT2D eigenvalue weighted by atomic mass is 16.2. The van der Waals surface area contributed by atoms with E-state index in [2.05, 4.69) is 20.7 Å². The molecule has 29 heavy (non-hydrogen) atoms. The van der Waals surface area contributed by atoms with Gasteiger partial charge in [0, 0.05) is 17.0 Å². The molecule has 0 spiro atoms. The van der Waals surface area contributed by atoms with Crippen LogP contribution in [0, 0.1) is 0 Å². The van der Waals surface area contributed by atoms with Crippen molar-refractivity contribution in [2.45, 2.75) is 26.4 Å². The SMILES string of the molecule is CC(C)n1ncc2cc(NC(=O)c3ccccc3CN3C(=O)CNC3=O)cnc21. The summed E-state index contributed by atoms with van der Waals surface area (Å²) >= 11 is 0. The van der Waals surface area contributed by atoms with Crippen molar-refractivity contribution in [2.75, 3.05) is 11.9 Å². The highest BCUT2D eigenvalue weighted by Gasteiger charge is 2.29. The number of urea groups is 1. The maximum atomic E-state index is 12.9. The summed E-state index contributed by atoms with van der Waals surface area (Å²) in [6.45, 7) is 4.05. The summed E-state index contributed by atoms with van der Waals surface area (Å²) in [4.78, 5) is 42.0. The van der Waals surface area contributed by atoms with Gasteiger partial charge in [-0.3, -0.25) is 14.5 Å². The Balaban J connectivity index is 1.57. The van der Waals surface area contributed by atoms with E-state index in [1.807, 2.05) is 24.6 Å². The molecule has 0 atom stereocenters. The standard InChI is InChI=1S/C20H20N6O3/c1-12(2)26-18-14(8-23-26)7-15(9-21-18)24-19(28)16-6-4-3-5-13(16)11-25-17(27)10-22-20(25)29/h3-9,12H,10-11H2,1-2H3,(H,22,29)(H,24,28). The van der Waals surface area contributed by atoms with Crippen molar-refractivity contribution in [2.24, 2.45) is 0 Å². The molecule has 1 fully saturated rings. The summed E-state index contributed by atoms with van der Waals surface area (Å²) in [6, 6.07) is 8.41. The first-order chi connectivity index (χ1) is 13.9. The number of carbonyl (C=O) groups excluding carboxylic acids is 3. The average Bonchev–Trinajstić information content (AvgIpc) is 3.26. The van der Waals surface area contributed by atoms with Gasteiger partial charge in [0.1, 0.15) is 0 Å². The number of hydrogen-bond donors (Lipinski definition) is 2. The minimum atomic E-state index is -0.456. The lowest BCUT2D eigenvalue weighted by molar-refractivity contribution is -0.125. The summed E-state index contributed by atoms with van der Waals surface area (Å²) in [7, 11) is 0. The predicted octanol–water partition coefficient (Wildman–Crippen LogP) is 2.32. The van der Waals surface area contributed by atoms with Crippen molar-refractivity contribution in [1.29, 1.82) is 0 Å². The van der Waals surface area contributed by atoms with Crippen LogP contribution in [0.25, 0.3) is 11.0 Å². The summed E-state index contributed by atoms with van der Waals surface area (Å²) in [5.41, 5.74) is 2.25. The van der Waals surface area contributed by atoms with Crippen molar-refractivity contribution in [3.63, 3.8) is 0 Å². The maximum Gasteiger partial charge on any atom is 0.324 e. The molecule has 2 N–H and O–H groups in total. The van der Waals surface area contributed by atoms with E-state index in [9.17, 15) is 14.4 Å². The summed E-state index contributed by atoms with van der Waals surface area (Å²) in [6.07, 6.45) is 3.30. The molecule has 0 saturated carbocycles. The van der Waals surface area contributed by atoms with Crippen LogP contribution >= 0.6 is 0 Å². The van der Waals surface area contributed by atoms with Gasteiger partial charge in [0.2, 0.25) is 5.91 Å². The molecule has 0 radical (unpaired) electrons. The van der Waals surface area contributed by atoms with Gasteiger partial charge in [-0.25, -0.2) is 14.5 Å². The van der Waals surface area contributed by atoms with Gasteiger partial charge in [-0.15, -0.1) is 0 Å². The molecule has 4 rings (SSSR count). The third-order valence-electron chi connectivity index (χ3n) is 4.71. The van der Waals surface area contributed by atoms with Crippen LogP contribution in [-0.2, 0) is 11.3 Å². The first-order valence-electron chi connectivity index (χ1n) is 9.25. The molecule has 0 unspecified atom stereocenters. The number of amides is 4. The molecule has 3 aromatic rings. The van der Waals surface area contributed by atoms with Crippen molar-refractivity contribution in [3.05, 3.63) is 53.9 Å². The topological polar surface area (TPSA) is 109 Å². The van der Waals surface area contributed by atoms with Gasteiger partial charge >= 0.3 is 6.03 Å². The highest BCUT2D eigenvalue weighted by molar-refractivity contribution is 6.06. The second kappa shape index (κ2) is 7.34. The molecule has 148 valence electrons. The van der Waals surface area contributed by atoms with Crippen LogP contribution < -0.4 is 10.6 Å². The number of hydrogen-bond acceptors (Lipinski definition) is 5. The Bertz CT molecular complexity index is 1100. The Labute approximate surface area is 166 Å². The Hall–Kier alpha value is -3.75. The first kappa shape index (κ1) is 18.6. The van der Waals surface area contributed by atoms with E-state index in [4.69, 9.17) is 0 Å². The Morgan fingerprint density at radius 1 is 1.24 bits per heavy atom. The maximum absolute atomic E-state index is 12.9. The number of carbonyl (C=O) groups is 3. The van der Waals surface area contributed by atoms with Crippen molar-refractivity contribution in [3.8, 4) is 0 Å². The smallest absolute Gasteiger partial charge is 0.324 e. The average molecular weight is 392 g/mol. The largest absolute Gasteiger partial charge is 0.329 e. The van der Waals surface area contributed by atoms with Gasteiger partial charge in [0.25, 0.3) is 5.91 Å². The fraction of sp³-hybridized carbons (Fsp3) is 0.250. The van der Waals surface area contributed by atoms with Gasteiger partial charge in [0.15, 0.2) is 5.65 Å². The fourth-order valence-electron chi connectivity index (χ4n) is 3.25. The van der Waals surface area contributed by atoms with Crippen LogP contribution in [0.1, 0.15) is 35.8 Å². The Morgan fingerprint density at radius 3 is 2.76 bits per heavy atom. The van der Waals surface area contributed by atoms with E-state index in [1.54, 1.807) is 36.7 Å². The molecule has 1 aromatic carbocycles. The van der Waals surface area contributed by atoms with Crippen LogP contribution in [0.5, 0.6) is 0 Å². The molecule has 4 amide bonds. The molecule has 1 aliphatic heterocycles. The van der Waals surface area contributed by atoms with Gasteiger partial charge in [0.05, 0.1) is 31.2 Å². The molecule has 0 aliphatic carbocycles. The Morgan fingerprint density at radius 2 is 2.03 bits per heavy atom. The van der Waals surface area contributed by atoms with Crippen molar-refractivity contribution in [1.82, 2.24) is 25.0 Å². The number of nitrogens with one attached hydrogen (secondary N) is 2. The summed E-state index contributed by atoms with van der Waals surface area (Å²) in [5.74, 6) is -0.660. The number of benzene rings is 1. The molecule has 3 heterocycles. The number of pyridine rings is 1. The lowest BCUT2D eigenvalue weighted by Crippen LogP contribution is -2.31. The molecule has 1 aliphatic rings. The van der Waals surface area contributed by atoms with Crippen LogP contribution in [0.3, 0.4) is 0 Å². The van der Waals surface area contributed by atoms with E-state index in [0.29, 0.717) is 16.8 Å². The fourth-order valence-corrected chi connectivity index (χ4v) is 3.25. The minimum Gasteiger partial charge on any atom is -0.329 e. The Kier molecular flexibility index (Phi) is 4.71. The number of aromatic nitrogens is 3. The van der Waals surface area contributed by atoms with E-state index in [-0.39, 0.29) is 30.9 Å². The number of nitrogens with zero attached hydrogens (tertiary/aromatic N) is 4. The second-order valence-corrected chi connectivity index (χ2v) is 7.07. The summed E-state index contributed by atoms with van der Waals surface area (Å²) in [5, 5.41) is 10.5. The zero-order valence-electron chi connectivity index (χ0n) is 16.0. The van der Waals surface area contributed by atoms with E-state index < -0.39 is 6.03 Å². The lowest BCUT2D eigenvalue weighted by Gasteiger charge is -2.15. The van der Waals surface area contributed by atoms with Crippen molar-refractivity contribution >= 4 is 34.6 Å². The molecule has 1 saturated heterocycles. The quantitative estimate of drug-likeness (QED) is 0.648. The normalized spacial score (nSPS) is 14.0. The van der Waals surface area contributed by atoms with Crippen LogP contribution in [-0.4, -0.2) is 44.1 Å². The van der Waals surface area contributed by atoms with Gasteiger partial charge in [-0.1, -0.05) is 18.2 Å². The number of fused-ring (bicyclic) bond motifs is 1. The van der Waals surface area contributed by atoms with E-state index >= 15 is 0 Å². The molecule has 0 bridgehead atoms. The van der Waals surface area contributed by atoms with Crippen LogP contribution in [0.2, 0.25) is 0 Å². The first-order valence-corrected chi connectivity index (χ1v) is 9.25. The molecule has 2 aromatic heterocycles.